The van der Waals surface area contributed by atoms with E-state index in [-0.39, 0.29) is 0 Å². The third kappa shape index (κ3) is 0.925. The highest BCUT2D eigenvalue weighted by Gasteiger charge is 2.39. The van der Waals surface area contributed by atoms with Gasteiger partial charge in [0.15, 0.2) is 5.37 Å². The van der Waals surface area contributed by atoms with Gasteiger partial charge in [-0.15, -0.1) is 0 Å². The Morgan fingerprint density at radius 1 is 1.54 bits per heavy atom. The number of hydrogen-bond acceptors (Lipinski definition) is 3. The number of aromatic nitrogens is 1. The minimum Gasteiger partial charge on any atom is -0.385 e. The van der Waals surface area contributed by atoms with Crippen molar-refractivity contribution in [3.05, 3.63) is 17.8 Å². The summed E-state index contributed by atoms with van der Waals surface area (Å²) in [6.07, 6.45) is 1.74. The highest BCUT2D eigenvalue weighted by Crippen LogP contribution is 2.39. The number of fused-ring (bicyclic) bond motifs is 1. The van der Waals surface area contributed by atoms with E-state index in [1.165, 1.54) is 18.4 Å². The van der Waals surface area contributed by atoms with Crippen molar-refractivity contribution in [1.29, 1.82) is 0 Å². The van der Waals surface area contributed by atoms with Crippen molar-refractivity contribution in [2.24, 2.45) is 0 Å². The Balaban J connectivity index is 2.42. The zero-order chi connectivity index (χ0) is 9.80. The van der Waals surface area contributed by atoms with Crippen molar-refractivity contribution in [3.8, 4) is 0 Å². The van der Waals surface area contributed by atoms with Crippen molar-refractivity contribution in [2.45, 2.75) is 5.37 Å². The van der Waals surface area contributed by atoms with Gasteiger partial charge in [-0.2, -0.15) is 0 Å². The fourth-order valence-electron chi connectivity index (χ4n) is 1.45. The van der Waals surface area contributed by atoms with Gasteiger partial charge in [-0.05, 0) is 6.07 Å². The summed E-state index contributed by atoms with van der Waals surface area (Å²) < 4.78 is 26.1. The first-order valence-corrected chi connectivity index (χ1v) is 5.33. The summed E-state index contributed by atoms with van der Waals surface area (Å²) in [5.41, 5.74) is 6.33. The van der Waals surface area contributed by atoms with Crippen LogP contribution in [0, 0.1) is 0 Å². The summed E-state index contributed by atoms with van der Waals surface area (Å²) >= 11 is 0. The molecule has 1 aromatic heterocycles. The number of rotatable bonds is 2. The van der Waals surface area contributed by atoms with Gasteiger partial charge in [-0.1, -0.05) is 0 Å². The molecule has 2 bridgehead atoms. The normalized spacial score (nSPS) is 20.4. The summed E-state index contributed by atoms with van der Waals surface area (Å²) in [6, 6.07) is 1.69. The molecule has 72 valence electrons. The number of anilines is 1. The Hall–Kier alpha value is -1.01. The molecule has 0 fully saturated rings. The minimum atomic E-state index is -3.25. The SMILES string of the molecule is CN(C)S(=O)(=O)C1c2cc(N)n1c2. The quantitative estimate of drug-likeness (QED) is 0.721. The Morgan fingerprint density at radius 2 is 2.15 bits per heavy atom. The van der Waals surface area contributed by atoms with Crippen LogP contribution >= 0.6 is 0 Å². The third-order valence-electron chi connectivity index (χ3n) is 2.23. The number of nitrogens with two attached hydrogens (primary N) is 1. The van der Waals surface area contributed by atoms with E-state index in [1.807, 2.05) is 0 Å². The molecule has 1 unspecified atom stereocenters. The summed E-state index contributed by atoms with van der Waals surface area (Å²) in [7, 11) is -0.212. The maximum Gasteiger partial charge on any atom is 0.239 e. The van der Waals surface area contributed by atoms with Crippen molar-refractivity contribution >= 4 is 15.8 Å². The maximum absolute atomic E-state index is 11.7. The molecule has 5 nitrogen and oxygen atoms in total. The molecule has 1 aromatic rings. The van der Waals surface area contributed by atoms with E-state index >= 15 is 0 Å². The van der Waals surface area contributed by atoms with Crippen LogP contribution in [0.1, 0.15) is 10.9 Å². The number of nitrogens with zero attached hydrogens (tertiary/aromatic N) is 2. The smallest absolute Gasteiger partial charge is 0.239 e. The summed E-state index contributed by atoms with van der Waals surface area (Å²) in [6.45, 7) is 0. The number of hydrogen-bond donors (Lipinski definition) is 1. The first-order valence-electron chi connectivity index (χ1n) is 3.83. The van der Waals surface area contributed by atoms with Crippen LogP contribution in [0.3, 0.4) is 0 Å². The lowest BCUT2D eigenvalue weighted by molar-refractivity contribution is 0.490. The second kappa shape index (κ2) is 2.27. The molecule has 2 aliphatic heterocycles. The van der Waals surface area contributed by atoms with Crippen LogP contribution in [0.5, 0.6) is 0 Å². The fraction of sp³-hybridized carbons (Fsp3) is 0.429. The Morgan fingerprint density at radius 3 is 2.46 bits per heavy atom. The molecular formula is C7H11N3O2S. The molecule has 0 aliphatic carbocycles. The van der Waals surface area contributed by atoms with Gasteiger partial charge in [0.1, 0.15) is 5.82 Å². The predicted octanol–water partition coefficient (Wildman–Crippen LogP) is -0.178. The van der Waals surface area contributed by atoms with Crippen LogP contribution in [0.25, 0.3) is 0 Å². The van der Waals surface area contributed by atoms with E-state index in [1.54, 1.807) is 16.8 Å². The monoisotopic (exact) mass is 201 g/mol. The van der Waals surface area contributed by atoms with Gasteiger partial charge in [-0.3, -0.25) is 0 Å². The van der Waals surface area contributed by atoms with E-state index in [2.05, 4.69) is 0 Å². The average molecular weight is 201 g/mol. The fourth-order valence-corrected chi connectivity index (χ4v) is 2.79. The van der Waals surface area contributed by atoms with Crippen LogP contribution in [-0.4, -0.2) is 31.4 Å². The van der Waals surface area contributed by atoms with Crippen LogP contribution in [0.15, 0.2) is 12.3 Å². The largest absolute Gasteiger partial charge is 0.385 e. The number of sulfonamides is 1. The lowest BCUT2D eigenvalue weighted by Gasteiger charge is -2.26. The van der Waals surface area contributed by atoms with Crippen molar-refractivity contribution in [1.82, 2.24) is 8.87 Å². The summed E-state index contributed by atoms with van der Waals surface area (Å²) in [5.74, 6) is 0.505. The van der Waals surface area contributed by atoms with Gasteiger partial charge in [0.25, 0.3) is 0 Å². The Labute approximate surface area is 76.8 Å². The first kappa shape index (κ1) is 8.58. The minimum absolute atomic E-state index is 0.505. The van der Waals surface area contributed by atoms with Crippen LogP contribution in [0.2, 0.25) is 0 Å². The molecule has 0 saturated heterocycles. The maximum atomic E-state index is 11.7. The molecular weight excluding hydrogens is 190 g/mol. The van der Waals surface area contributed by atoms with Gasteiger partial charge in [0.2, 0.25) is 10.0 Å². The highest BCUT2D eigenvalue weighted by atomic mass is 32.2. The van der Waals surface area contributed by atoms with Crippen LogP contribution in [-0.2, 0) is 10.0 Å². The highest BCUT2D eigenvalue weighted by molar-refractivity contribution is 7.89. The van der Waals surface area contributed by atoms with E-state index < -0.39 is 15.4 Å². The summed E-state index contributed by atoms with van der Waals surface area (Å²) in [5, 5.41) is -0.581. The Bertz CT molecular complexity index is 446. The third-order valence-corrected chi connectivity index (χ3v) is 4.31. The lowest BCUT2D eigenvalue weighted by atomic mass is 10.3. The van der Waals surface area contributed by atoms with E-state index in [9.17, 15) is 8.42 Å². The molecule has 3 rings (SSSR count). The van der Waals surface area contributed by atoms with E-state index in [0.29, 0.717) is 5.82 Å². The molecule has 2 N–H and O–H groups in total. The zero-order valence-electron chi connectivity index (χ0n) is 7.43. The molecule has 0 radical (unpaired) electrons. The van der Waals surface area contributed by atoms with E-state index in [4.69, 9.17) is 5.73 Å². The second-order valence-corrected chi connectivity index (χ2v) is 5.49. The molecule has 0 spiro atoms. The second-order valence-electron chi connectivity index (χ2n) is 3.29. The van der Waals surface area contributed by atoms with Crippen LogP contribution in [0.4, 0.5) is 5.82 Å². The molecule has 0 saturated carbocycles. The van der Waals surface area contributed by atoms with Gasteiger partial charge in [0, 0.05) is 25.9 Å². The molecule has 2 aliphatic rings. The van der Waals surface area contributed by atoms with Gasteiger partial charge in [0.05, 0.1) is 0 Å². The molecule has 1 atom stereocenters. The first-order chi connectivity index (χ1) is 5.94. The molecule has 0 amide bonds. The standard InChI is InChI=1S/C7H11N3O2S/c1-9(2)13(11,12)7-5-3-6(8)10(7)4-5/h3-4,7H,8H2,1-2H3. The zero-order valence-corrected chi connectivity index (χ0v) is 8.25. The molecule has 3 heterocycles. The lowest BCUT2D eigenvalue weighted by Crippen LogP contribution is -2.34. The van der Waals surface area contributed by atoms with Gasteiger partial charge < -0.3 is 10.3 Å². The molecule has 13 heavy (non-hydrogen) atoms. The van der Waals surface area contributed by atoms with Crippen molar-refractivity contribution in [3.63, 3.8) is 0 Å². The molecule has 0 aromatic carbocycles. The topological polar surface area (TPSA) is 68.3 Å². The predicted molar refractivity (Wildman–Crippen MR) is 49.6 cm³/mol. The summed E-state index contributed by atoms with van der Waals surface area (Å²) in [4.78, 5) is 0. The van der Waals surface area contributed by atoms with Crippen LogP contribution < -0.4 is 5.73 Å². The van der Waals surface area contributed by atoms with Gasteiger partial charge in [-0.25, -0.2) is 12.7 Å². The molecule has 6 heteroatoms. The number of nitrogen functional groups attached to an aromatic ring is 1. The van der Waals surface area contributed by atoms with Crippen molar-refractivity contribution in [2.75, 3.05) is 19.8 Å². The van der Waals surface area contributed by atoms with Crippen molar-refractivity contribution < 1.29 is 8.42 Å². The average Bonchev–Trinajstić information content (AvgIpc) is 2.41. The van der Waals surface area contributed by atoms with E-state index in [0.717, 1.165) is 5.56 Å². The van der Waals surface area contributed by atoms with Gasteiger partial charge >= 0.3 is 0 Å². The Kier molecular flexibility index (Phi) is 1.50.